The average molecular weight is 296 g/mol. The normalized spacial score (nSPS) is 10.4. The molecule has 1 N–H and O–H groups in total. The fraction of sp³-hybridized carbons (Fsp3) is 0.400. The minimum absolute atomic E-state index is 0.0423. The van der Waals surface area contributed by atoms with E-state index in [2.05, 4.69) is 21.2 Å². The van der Waals surface area contributed by atoms with Crippen molar-refractivity contribution in [1.29, 1.82) is 0 Å². The van der Waals surface area contributed by atoms with Crippen LogP contribution in [0.1, 0.15) is 6.42 Å². The van der Waals surface area contributed by atoms with Crippen molar-refractivity contribution >= 4 is 33.4 Å². The molecule has 1 rings (SSSR count). The first kappa shape index (κ1) is 12.8. The summed E-state index contributed by atoms with van der Waals surface area (Å²) in [6, 6.07) is 2.50. The summed E-state index contributed by atoms with van der Waals surface area (Å²) in [5.74, 6) is -0.149. The van der Waals surface area contributed by atoms with Gasteiger partial charge in [-0.1, -0.05) is 15.9 Å². The highest BCUT2D eigenvalue weighted by Crippen LogP contribution is 2.23. The standard InChI is InChI=1S/C10H12BrF2NS/c1-15-4-2-3-14-10-8(12)5-7(11)6-9(10)13/h5-6,14H,2-4H2,1H3. The molecule has 0 saturated heterocycles. The molecule has 1 aromatic carbocycles. The molecule has 0 aliphatic rings. The molecule has 0 aliphatic heterocycles. The Labute approximate surface area is 101 Å². The molecule has 0 radical (unpaired) electrons. The number of hydrogen-bond acceptors (Lipinski definition) is 2. The molecule has 0 spiro atoms. The summed E-state index contributed by atoms with van der Waals surface area (Å²) in [5, 5.41) is 2.76. The van der Waals surface area contributed by atoms with Gasteiger partial charge in [-0.25, -0.2) is 8.78 Å². The van der Waals surface area contributed by atoms with Gasteiger partial charge in [0.25, 0.3) is 0 Å². The van der Waals surface area contributed by atoms with E-state index < -0.39 is 11.6 Å². The Hall–Kier alpha value is -0.290. The molecule has 0 heterocycles. The second-order valence-corrected chi connectivity index (χ2v) is 4.92. The van der Waals surface area contributed by atoms with Gasteiger partial charge in [0.15, 0.2) is 0 Å². The molecule has 5 heteroatoms. The van der Waals surface area contributed by atoms with Crippen molar-refractivity contribution in [2.45, 2.75) is 6.42 Å². The van der Waals surface area contributed by atoms with Crippen LogP contribution in [0.3, 0.4) is 0 Å². The number of rotatable bonds is 5. The predicted octanol–water partition coefficient (Wildman–Crippen LogP) is 3.89. The van der Waals surface area contributed by atoms with Crippen molar-refractivity contribution in [3.8, 4) is 0 Å². The first-order valence-electron chi connectivity index (χ1n) is 4.52. The number of hydrogen-bond donors (Lipinski definition) is 1. The van der Waals surface area contributed by atoms with E-state index in [0.29, 0.717) is 11.0 Å². The molecule has 0 aliphatic carbocycles. The molecular weight excluding hydrogens is 284 g/mol. The Morgan fingerprint density at radius 3 is 2.47 bits per heavy atom. The van der Waals surface area contributed by atoms with E-state index in [9.17, 15) is 8.78 Å². The Balaban J connectivity index is 2.60. The smallest absolute Gasteiger partial charge is 0.150 e. The highest BCUT2D eigenvalue weighted by Gasteiger charge is 2.09. The van der Waals surface area contributed by atoms with Crippen LogP contribution < -0.4 is 5.32 Å². The molecule has 84 valence electrons. The first-order valence-corrected chi connectivity index (χ1v) is 6.71. The van der Waals surface area contributed by atoms with Crippen molar-refractivity contribution in [2.75, 3.05) is 23.9 Å². The average Bonchev–Trinajstić information content (AvgIpc) is 2.15. The van der Waals surface area contributed by atoms with E-state index in [1.807, 2.05) is 6.26 Å². The lowest BCUT2D eigenvalue weighted by Crippen LogP contribution is -2.06. The minimum Gasteiger partial charge on any atom is -0.380 e. The van der Waals surface area contributed by atoms with Gasteiger partial charge in [0.05, 0.1) is 0 Å². The lowest BCUT2D eigenvalue weighted by molar-refractivity contribution is 0.586. The summed E-state index contributed by atoms with van der Waals surface area (Å²) in [7, 11) is 0. The van der Waals surface area contributed by atoms with Gasteiger partial charge in [0.1, 0.15) is 17.3 Å². The van der Waals surface area contributed by atoms with E-state index in [-0.39, 0.29) is 5.69 Å². The highest BCUT2D eigenvalue weighted by molar-refractivity contribution is 9.10. The molecule has 0 amide bonds. The fourth-order valence-corrected chi connectivity index (χ4v) is 1.98. The van der Waals surface area contributed by atoms with E-state index in [1.165, 1.54) is 12.1 Å². The second kappa shape index (κ2) is 6.33. The predicted molar refractivity (Wildman–Crippen MR) is 65.5 cm³/mol. The Bertz CT molecular complexity index is 310. The lowest BCUT2D eigenvalue weighted by atomic mass is 10.3. The summed E-state index contributed by atoms with van der Waals surface area (Å²) in [6.07, 6.45) is 2.89. The Morgan fingerprint density at radius 2 is 1.93 bits per heavy atom. The van der Waals surface area contributed by atoms with Gasteiger partial charge in [-0.3, -0.25) is 0 Å². The van der Waals surface area contributed by atoms with Gasteiger partial charge >= 0.3 is 0 Å². The Morgan fingerprint density at radius 1 is 1.33 bits per heavy atom. The van der Waals surface area contributed by atoms with Crippen LogP contribution in [0.2, 0.25) is 0 Å². The van der Waals surface area contributed by atoms with Crippen molar-refractivity contribution in [3.05, 3.63) is 28.2 Å². The maximum Gasteiger partial charge on any atom is 0.150 e. The third-order valence-corrected chi connectivity index (χ3v) is 2.99. The van der Waals surface area contributed by atoms with E-state index in [4.69, 9.17) is 0 Å². The van der Waals surface area contributed by atoms with Crippen molar-refractivity contribution in [1.82, 2.24) is 0 Å². The number of nitrogens with one attached hydrogen (secondary N) is 1. The quantitative estimate of drug-likeness (QED) is 0.827. The monoisotopic (exact) mass is 295 g/mol. The molecule has 0 bridgehead atoms. The van der Waals surface area contributed by atoms with Crippen LogP contribution in [0.5, 0.6) is 0 Å². The van der Waals surface area contributed by atoms with Gasteiger partial charge in [-0.2, -0.15) is 11.8 Å². The van der Waals surface area contributed by atoms with Gasteiger partial charge in [-0.05, 0) is 30.6 Å². The van der Waals surface area contributed by atoms with E-state index in [0.717, 1.165) is 12.2 Å². The number of thioether (sulfide) groups is 1. The molecule has 0 fully saturated rings. The van der Waals surface area contributed by atoms with Gasteiger partial charge < -0.3 is 5.32 Å². The second-order valence-electron chi connectivity index (χ2n) is 3.02. The van der Waals surface area contributed by atoms with E-state index in [1.54, 1.807) is 11.8 Å². The third kappa shape index (κ3) is 3.99. The zero-order chi connectivity index (χ0) is 11.3. The molecular formula is C10H12BrF2NS. The van der Waals surface area contributed by atoms with E-state index >= 15 is 0 Å². The van der Waals surface area contributed by atoms with Crippen molar-refractivity contribution in [3.63, 3.8) is 0 Å². The number of benzene rings is 1. The van der Waals surface area contributed by atoms with Crippen molar-refractivity contribution in [2.24, 2.45) is 0 Å². The zero-order valence-corrected chi connectivity index (χ0v) is 10.7. The molecule has 0 unspecified atom stereocenters. The molecule has 1 aromatic rings. The summed E-state index contributed by atoms with van der Waals surface area (Å²) in [5.41, 5.74) is -0.0423. The van der Waals surface area contributed by atoms with Crippen LogP contribution in [0.25, 0.3) is 0 Å². The maximum atomic E-state index is 13.3. The number of halogens is 3. The maximum absolute atomic E-state index is 13.3. The molecule has 0 aromatic heterocycles. The first-order chi connectivity index (χ1) is 7.15. The SMILES string of the molecule is CSCCCNc1c(F)cc(Br)cc1F. The fourth-order valence-electron chi connectivity index (χ4n) is 1.14. The lowest BCUT2D eigenvalue weighted by Gasteiger charge is -2.08. The largest absolute Gasteiger partial charge is 0.380 e. The van der Waals surface area contributed by atoms with Crippen LogP contribution >= 0.6 is 27.7 Å². The van der Waals surface area contributed by atoms with Crippen LogP contribution in [0.4, 0.5) is 14.5 Å². The zero-order valence-electron chi connectivity index (χ0n) is 8.32. The van der Waals surface area contributed by atoms with Gasteiger partial charge in [-0.15, -0.1) is 0 Å². The molecule has 0 atom stereocenters. The molecule has 1 nitrogen and oxygen atoms in total. The van der Waals surface area contributed by atoms with Crippen LogP contribution in [-0.2, 0) is 0 Å². The van der Waals surface area contributed by atoms with Crippen LogP contribution in [-0.4, -0.2) is 18.6 Å². The van der Waals surface area contributed by atoms with Crippen LogP contribution in [0, 0.1) is 11.6 Å². The summed E-state index contributed by atoms with van der Waals surface area (Å²) in [4.78, 5) is 0. The molecule has 15 heavy (non-hydrogen) atoms. The van der Waals surface area contributed by atoms with Crippen molar-refractivity contribution < 1.29 is 8.78 Å². The third-order valence-electron chi connectivity index (χ3n) is 1.83. The summed E-state index contributed by atoms with van der Waals surface area (Å²) < 4.78 is 27.0. The summed E-state index contributed by atoms with van der Waals surface area (Å²) in [6.45, 7) is 0.580. The summed E-state index contributed by atoms with van der Waals surface area (Å²) >= 11 is 4.74. The minimum atomic E-state index is -0.564. The Kier molecular flexibility index (Phi) is 5.39. The van der Waals surface area contributed by atoms with Gasteiger partial charge in [0, 0.05) is 11.0 Å². The van der Waals surface area contributed by atoms with Gasteiger partial charge in [0.2, 0.25) is 0 Å². The topological polar surface area (TPSA) is 12.0 Å². The van der Waals surface area contributed by atoms with Crippen LogP contribution in [0.15, 0.2) is 16.6 Å². The number of anilines is 1. The highest BCUT2D eigenvalue weighted by atomic mass is 79.9. The molecule has 0 saturated carbocycles.